The molecule has 5 heteroatoms. The Kier molecular flexibility index (Phi) is 3.63. The molecule has 1 unspecified atom stereocenters. The summed E-state index contributed by atoms with van der Waals surface area (Å²) in [5.74, 6) is 2.23. The van der Waals surface area contributed by atoms with Gasteiger partial charge in [-0.15, -0.1) is 0 Å². The largest absolute Gasteiger partial charge is 0.461 e. The monoisotopic (exact) mass is 323 g/mol. The Morgan fingerprint density at radius 2 is 2.21 bits per heavy atom. The molecule has 2 aromatic heterocycles. The van der Waals surface area contributed by atoms with Crippen molar-refractivity contribution in [2.24, 2.45) is 0 Å². The number of aromatic amines is 1. The van der Waals surface area contributed by atoms with E-state index in [9.17, 15) is 4.79 Å². The summed E-state index contributed by atoms with van der Waals surface area (Å²) in [5.41, 5.74) is 2.61. The Hall–Kier alpha value is -2.56. The number of nitrogens with zero attached hydrogens (tertiary/aromatic N) is 2. The number of aryl methyl sites for hydroxylation is 2. The van der Waals surface area contributed by atoms with Gasteiger partial charge in [-0.25, -0.2) is 4.98 Å². The highest BCUT2D eigenvalue weighted by molar-refractivity contribution is 5.98. The predicted octanol–water partition coefficient (Wildman–Crippen LogP) is 3.79. The van der Waals surface area contributed by atoms with Crippen LogP contribution in [0.15, 0.2) is 34.9 Å². The van der Waals surface area contributed by atoms with Gasteiger partial charge < -0.3 is 14.3 Å². The average molecular weight is 323 g/mol. The number of H-pyrrole nitrogens is 1. The first-order valence-electron chi connectivity index (χ1n) is 8.41. The van der Waals surface area contributed by atoms with Crippen LogP contribution in [0.3, 0.4) is 0 Å². The third-order valence-electron chi connectivity index (χ3n) is 4.70. The molecule has 0 spiro atoms. The van der Waals surface area contributed by atoms with E-state index in [1.165, 1.54) is 0 Å². The molecule has 1 saturated heterocycles. The lowest BCUT2D eigenvalue weighted by Crippen LogP contribution is -2.39. The molecule has 0 bridgehead atoms. The number of nitrogens with one attached hydrogen (secondary N) is 1. The summed E-state index contributed by atoms with van der Waals surface area (Å²) in [5, 5.41) is 0.980. The van der Waals surface area contributed by atoms with Gasteiger partial charge in [-0.1, -0.05) is 0 Å². The fourth-order valence-electron chi connectivity index (χ4n) is 3.52. The zero-order chi connectivity index (χ0) is 16.7. The average Bonchev–Trinajstić information content (AvgIpc) is 3.18. The highest BCUT2D eigenvalue weighted by Crippen LogP contribution is 2.27. The second-order valence-electron chi connectivity index (χ2n) is 6.65. The van der Waals surface area contributed by atoms with Crippen molar-refractivity contribution in [1.29, 1.82) is 0 Å². The highest BCUT2D eigenvalue weighted by atomic mass is 16.3. The van der Waals surface area contributed by atoms with Crippen LogP contribution in [0.2, 0.25) is 0 Å². The normalized spacial score (nSPS) is 18.2. The first-order chi connectivity index (χ1) is 11.6. The molecular formula is C19H21N3O2. The first kappa shape index (κ1) is 15.0. The number of fused-ring (bicyclic) bond motifs is 1. The van der Waals surface area contributed by atoms with Gasteiger partial charge in [-0.2, -0.15) is 0 Å². The van der Waals surface area contributed by atoms with Gasteiger partial charge >= 0.3 is 0 Å². The molecule has 1 aromatic carbocycles. The maximum absolute atomic E-state index is 12.9. The number of imidazole rings is 1. The molecule has 24 heavy (non-hydrogen) atoms. The van der Waals surface area contributed by atoms with Crippen LogP contribution in [0, 0.1) is 13.8 Å². The van der Waals surface area contributed by atoms with Gasteiger partial charge in [0.1, 0.15) is 17.2 Å². The molecule has 0 aliphatic carbocycles. The topological polar surface area (TPSA) is 62.1 Å². The molecule has 1 N–H and O–H groups in total. The fraction of sp³-hybridized carbons (Fsp3) is 0.368. The molecule has 3 aromatic rings. The summed E-state index contributed by atoms with van der Waals surface area (Å²) in [4.78, 5) is 22.6. The Balaban J connectivity index is 1.56. The number of aromatic nitrogens is 2. The van der Waals surface area contributed by atoms with E-state index in [-0.39, 0.29) is 11.8 Å². The van der Waals surface area contributed by atoms with E-state index in [0.29, 0.717) is 6.54 Å². The van der Waals surface area contributed by atoms with Gasteiger partial charge in [0.05, 0.1) is 0 Å². The number of piperidine rings is 1. The van der Waals surface area contributed by atoms with Crippen LogP contribution < -0.4 is 0 Å². The van der Waals surface area contributed by atoms with Crippen molar-refractivity contribution in [1.82, 2.24) is 14.9 Å². The van der Waals surface area contributed by atoms with Crippen molar-refractivity contribution in [2.75, 3.05) is 13.1 Å². The number of hydrogen-bond acceptors (Lipinski definition) is 3. The van der Waals surface area contributed by atoms with E-state index in [4.69, 9.17) is 4.42 Å². The number of rotatable bonds is 2. The summed E-state index contributed by atoms with van der Waals surface area (Å²) < 4.78 is 5.59. The fourth-order valence-corrected chi connectivity index (χ4v) is 3.52. The van der Waals surface area contributed by atoms with Crippen molar-refractivity contribution in [3.8, 4) is 0 Å². The summed E-state index contributed by atoms with van der Waals surface area (Å²) in [6.45, 7) is 5.44. The van der Waals surface area contributed by atoms with Crippen molar-refractivity contribution < 1.29 is 9.21 Å². The van der Waals surface area contributed by atoms with Gasteiger partial charge in [0.25, 0.3) is 5.91 Å². The number of carbonyl (C=O) groups excluding carboxylic acids is 1. The smallest absolute Gasteiger partial charge is 0.253 e. The van der Waals surface area contributed by atoms with Gasteiger partial charge in [-0.3, -0.25) is 4.79 Å². The number of hydrogen-bond donors (Lipinski definition) is 1. The maximum atomic E-state index is 12.9. The molecule has 0 radical (unpaired) electrons. The van der Waals surface area contributed by atoms with E-state index in [1.54, 1.807) is 0 Å². The van der Waals surface area contributed by atoms with Crippen molar-refractivity contribution >= 4 is 16.9 Å². The lowest BCUT2D eigenvalue weighted by molar-refractivity contribution is 0.0705. The highest BCUT2D eigenvalue weighted by Gasteiger charge is 2.27. The molecule has 124 valence electrons. The van der Waals surface area contributed by atoms with E-state index < -0.39 is 0 Å². The van der Waals surface area contributed by atoms with Crippen LogP contribution in [0.1, 0.15) is 46.4 Å². The summed E-state index contributed by atoms with van der Waals surface area (Å²) in [6, 6.07) is 7.63. The van der Waals surface area contributed by atoms with Crippen molar-refractivity contribution in [2.45, 2.75) is 32.6 Å². The zero-order valence-electron chi connectivity index (χ0n) is 14.0. The van der Waals surface area contributed by atoms with Crippen molar-refractivity contribution in [3.05, 3.63) is 53.3 Å². The Labute approximate surface area is 140 Å². The van der Waals surface area contributed by atoms with E-state index in [0.717, 1.165) is 53.2 Å². The standard InChI is InChI=1S/C19H21N3O2/c1-12-10-20-18(21-12)15-4-3-7-22(11-15)19(23)14-5-6-17-16(9-14)8-13(2)24-17/h5-6,8-10,15H,3-4,7,11H2,1-2H3,(H,20,21). The Bertz CT molecular complexity index is 893. The lowest BCUT2D eigenvalue weighted by Gasteiger charge is -2.32. The van der Waals surface area contributed by atoms with Gasteiger partial charge in [-0.05, 0) is 51.0 Å². The molecule has 1 atom stereocenters. The van der Waals surface area contributed by atoms with Crippen LogP contribution in [-0.4, -0.2) is 33.9 Å². The maximum Gasteiger partial charge on any atom is 0.253 e. The second-order valence-corrected chi connectivity index (χ2v) is 6.65. The third kappa shape index (κ3) is 2.70. The SMILES string of the molecule is Cc1cnc(C2CCCN(C(=O)c3ccc4oc(C)cc4c3)C2)[nH]1. The molecular weight excluding hydrogens is 302 g/mol. The molecule has 1 amide bonds. The van der Waals surface area contributed by atoms with E-state index >= 15 is 0 Å². The van der Waals surface area contributed by atoms with Gasteiger partial charge in [0.2, 0.25) is 0 Å². The molecule has 0 saturated carbocycles. The second kappa shape index (κ2) is 5.82. The Morgan fingerprint density at radius 3 is 3.00 bits per heavy atom. The van der Waals surface area contributed by atoms with Crippen LogP contribution in [-0.2, 0) is 0 Å². The number of furan rings is 1. The molecule has 1 aliphatic rings. The summed E-state index contributed by atoms with van der Waals surface area (Å²) >= 11 is 0. The van der Waals surface area contributed by atoms with Crippen LogP contribution in [0.5, 0.6) is 0 Å². The minimum atomic E-state index is 0.0868. The number of carbonyl (C=O) groups is 1. The first-order valence-corrected chi connectivity index (χ1v) is 8.41. The van der Waals surface area contributed by atoms with Crippen molar-refractivity contribution in [3.63, 3.8) is 0 Å². The predicted molar refractivity (Wildman–Crippen MR) is 92.2 cm³/mol. The van der Waals surface area contributed by atoms with Gasteiger partial charge in [0.15, 0.2) is 0 Å². The van der Waals surface area contributed by atoms with Crippen LogP contribution in [0.25, 0.3) is 11.0 Å². The summed E-state index contributed by atoms with van der Waals surface area (Å²) in [7, 11) is 0. The molecule has 4 rings (SSSR count). The molecule has 1 fully saturated rings. The number of benzene rings is 1. The molecule has 3 heterocycles. The minimum Gasteiger partial charge on any atom is -0.461 e. The van der Waals surface area contributed by atoms with Gasteiger partial charge in [0, 0.05) is 41.8 Å². The lowest BCUT2D eigenvalue weighted by atomic mass is 9.96. The van der Waals surface area contributed by atoms with E-state index in [2.05, 4.69) is 9.97 Å². The zero-order valence-corrected chi connectivity index (χ0v) is 14.0. The number of likely N-dealkylation sites (tertiary alicyclic amines) is 1. The summed E-state index contributed by atoms with van der Waals surface area (Å²) in [6.07, 6.45) is 3.92. The van der Waals surface area contributed by atoms with Crippen LogP contribution in [0.4, 0.5) is 0 Å². The molecule has 1 aliphatic heterocycles. The third-order valence-corrected chi connectivity index (χ3v) is 4.70. The quantitative estimate of drug-likeness (QED) is 0.780. The minimum absolute atomic E-state index is 0.0868. The van der Waals surface area contributed by atoms with E-state index in [1.807, 2.05) is 49.2 Å². The van der Waals surface area contributed by atoms with Crippen LogP contribution >= 0.6 is 0 Å². The Morgan fingerprint density at radius 1 is 1.33 bits per heavy atom. The number of amides is 1. The molecule has 5 nitrogen and oxygen atoms in total.